The quantitative estimate of drug-likeness (QED) is 0.850. The molecule has 108 valence electrons. The first kappa shape index (κ1) is 14.9. The van der Waals surface area contributed by atoms with E-state index < -0.39 is 0 Å². The van der Waals surface area contributed by atoms with E-state index in [1.165, 1.54) is 10.4 Å². The first-order chi connectivity index (χ1) is 9.74. The standard InChI is InChI=1S/C15H22N4S/c1-4-19(5-2)15-18-11-14(20-15)10-17-12(3)13-6-8-16-9-7-13/h6-9,11-12,17H,4-5,10H2,1-3H3/t12-/m1/s1. The van der Waals surface area contributed by atoms with Crippen molar-refractivity contribution in [1.29, 1.82) is 0 Å². The zero-order valence-corrected chi connectivity index (χ0v) is 13.2. The SMILES string of the molecule is CCN(CC)c1ncc(CN[C@H](C)c2ccncc2)s1. The Labute approximate surface area is 124 Å². The van der Waals surface area contributed by atoms with Crippen LogP contribution in [0.25, 0.3) is 0 Å². The second-order valence-electron chi connectivity index (χ2n) is 4.66. The third kappa shape index (κ3) is 3.77. The van der Waals surface area contributed by atoms with Crippen molar-refractivity contribution < 1.29 is 0 Å². The summed E-state index contributed by atoms with van der Waals surface area (Å²) in [4.78, 5) is 12.1. The molecule has 0 aliphatic carbocycles. The molecule has 0 unspecified atom stereocenters. The molecule has 2 aromatic heterocycles. The molecule has 0 aromatic carbocycles. The van der Waals surface area contributed by atoms with Crippen molar-refractivity contribution in [3.8, 4) is 0 Å². The lowest BCUT2D eigenvalue weighted by Crippen LogP contribution is -2.21. The summed E-state index contributed by atoms with van der Waals surface area (Å²) in [7, 11) is 0. The Morgan fingerprint density at radius 1 is 1.25 bits per heavy atom. The van der Waals surface area contributed by atoms with Crippen LogP contribution in [-0.2, 0) is 6.54 Å². The van der Waals surface area contributed by atoms with E-state index in [9.17, 15) is 0 Å². The van der Waals surface area contributed by atoms with Gasteiger partial charge < -0.3 is 10.2 Å². The molecule has 2 aromatic rings. The average Bonchev–Trinajstić information content (AvgIpc) is 2.96. The van der Waals surface area contributed by atoms with Crippen molar-refractivity contribution in [3.63, 3.8) is 0 Å². The highest BCUT2D eigenvalue weighted by Gasteiger charge is 2.09. The van der Waals surface area contributed by atoms with E-state index in [1.807, 2.05) is 30.7 Å². The molecule has 0 spiro atoms. The van der Waals surface area contributed by atoms with Gasteiger partial charge in [0.15, 0.2) is 5.13 Å². The maximum atomic E-state index is 4.50. The Bertz CT molecular complexity index is 508. The molecule has 0 amide bonds. The Balaban J connectivity index is 1.91. The number of pyridine rings is 1. The molecule has 0 fully saturated rings. The van der Waals surface area contributed by atoms with Gasteiger partial charge in [0.25, 0.3) is 0 Å². The van der Waals surface area contributed by atoms with Crippen LogP contribution in [0, 0.1) is 0 Å². The van der Waals surface area contributed by atoms with Crippen LogP contribution in [0.15, 0.2) is 30.7 Å². The Morgan fingerprint density at radius 3 is 2.60 bits per heavy atom. The minimum atomic E-state index is 0.317. The Morgan fingerprint density at radius 2 is 1.95 bits per heavy atom. The predicted molar refractivity (Wildman–Crippen MR) is 85.2 cm³/mol. The molecule has 2 rings (SSSR count). The second-order valence-corrected chi connectivity index (χ2v) is 5.76. The van der Waals surface area contributed by atoms with Gasteiger partial charge in [0.05, 0.1) is 0 Å². The van der Waals surface area contributed by atoms with Gasteiger partial charge in [-0.2, -0.15) is 0 Å². The summed E-state index contributed by atoms with van der Waals surface area (Å²) in [5.41, 5.74) is 1.26. The Hall–Kier alpha value is -1.46. The maximum absolute atomic E-state index is 4.50. The maximum Gasteiger partial charge on any atom is 0.185 e. The molecule has 0 saturated heterocycles. The Kier molecular flexibility index (Phi) is 5.49. The third-order valence-electron chi connectivity index (χ3n) is 3.36. The molecule has 1 atom stereocenters. The molecule has 0 radical (unpaired) electrons. The molecule has 5 heteroatoms. The highest BCUT2D eigenvalue weighted by molar-refractivity contribution is 7.15. The average molecular weight is 290 g/mol. The van der Waals surface area contributed by atoms with Gasteiger partial charge in [0.2, 0.25) is 0 Å². The van der Waals surface area contributed by atoms with Gasteiger partial charge in [-0.25, -0.2) is 4.98 Å². The number of hydrogen-bond acceptors (Lipinski definition) is 5. The van der Waals surface area contributed by atoms with Crippen molar-refractivity contribution >= 4 is 16.5 Å². The fraction of sp³-hybridized carbons (Fsp3) is 0.467. The molecular weight excluding hydrogens is 268 g/mol. The van der Waals surface area contributed by atoms with Crippen LogP contribution in [0.4, 0.5) is 5.13 Å². The van der Waals surface area contributed by atoms with Crippen LogP contribution >= 0.6 is 11.3 Å². The number of thiazole rings is 1. The zero-order valence-electron chi connectivity index (χ0n) is 12.3. The van der Waals surface area contributed by atoms with Gasteiger partial charge in [-0.1, -0.05) is 0 Å². The number of anilines is 1. The fourth-order valence-corrected chi connectivity index (χ4v) is 3.03. The lowest BCUT2D eigenvalue weighted by Gasteiger charge is -2.16. The van der Waals surface area contributed by atoms with Gasteiger partial charge in [-0.3, -0.25) is 4.98 Å². The summed E-state index contributed by atoms with van der Waals surface area (Å²) >= 11 is 1.77. The lowest BCUT2D eigenvalue weighted by atomic mass is 10.1. The van der Waals surface area contributed by atoms with Crippen LogP contribution in [0.5, 0.6) is 0 Å². The molecule has 0 aliphatic rings. The van der Waals surface area contributed by atoms with E-state index in [2.05, 4.69) is 41.0 Å². The minimum Gasteiger partial charge on any atom is -0.349 e. The molecule has 2 heterocycles. The normalized spacial score (nSPS) is 12.3. The van der Waals surface area contributed by atoms with Crippen LogP contribution < -0.4 is 10.2 Å². The van der Waals surface area contributed by atoms with Crippen LogP contribution in [0.1, 0.15) is 37.3 Å². The van der Waals surface area contributed by atoms with Gasteiger partial charge in [0, 0.05) is 49.1 Å². The topological polar surface area (TPSA) is 41.1 Å². The molecule has 4 nitrogen and oxygen atoms in total. The second kappa shape index (κ2) is 7.36. The van der Waals surface area contributed by atoms with Crippen molar-refractivity contribution in [2.45, 2.75) is 33.4 Å². The number of nitrogens with one attached hydrogen (secondary N) is 1. The van der Waals surface area contributed by atoms with Gasteiger partial charge >= 0.3 is 0 Å². The van der Waals surface area contributed by atoms with Crippen molar-refractivity contribution in [3.05, 3.63) is 41.2 Å². The van der Waals surface area contributed by atoms with Crippen LogP contribution in [0.2, 0.25) is 0 Å². The molecule has 0 bridgehead atoms. The van der Waals surface area contributed by atoms with Gasteiger partial charge in [-0.15, -0.1) is 11.3 Å². The third-order valence-corrected chi connectivity index (χ3v) is 4.42. The van der Waals surface area contributed by atoms with E-state index in [4.69, 9.17) is 0 Å². The largest absolute Gasteiger partial charge is 0.349 e. The van der Waals surface area contributed by atoms with Gasteiger partial charge in [0.1, 0.15) is 0 Å². The first-order valence-electron chi connectivity index (χ1n) is 7.07. The zero-order chi connectivity index (χ0) is 14.4. The number of rotatable bonds is 7. The molecular formula is C15H22N4S. The number of aromatic nitrogens is 2. The van der Waals surface area contributed by atoms with E-state index in [0.717, 1.165) is 24.8 Å². The summed E-state index contributed by atoms with van der Waals surface area (Å²) in [6.45, 7) is 9.35. The molecule has 1 N–H and O–H groups in total. The van der Waals surface area contributed by atoms with Crippen molar-refractivity contribution in [1.82, 2.24) is 15.3 Å². The lowest BCUT2D eigenvalue weighted by molar-refractivity contribution is 0.578. The highest BCUT2D eigenvalue weighted by atomic mass is 32.1. The van der Waals surface area contributed by atoms with E-state index in [1.54, 1.807) is 11.3 Å². The molecule has 20 heavy (non-hydrogen) atoms. The van der Waals surface area contributed by atoms with Crippen LogP contribution in [-0.4, -0.2) is 23.1 Å². The summed E-state index contributed by atoms with van der Waals surface area (Å²) < 4.78 is 0. The highest BCUT2D eigenvalue weighted by Crippen LogP contribution is 2.22. The van der Waals surface area contributed by atoms with E-state index in [0.29, 0.717) is 6.04 Å². The molecule has 0 saturated carbocycles. The number of nitrogens with zero attached hydrogens (tertiary/aromatic N) is 3. The predicted octanol–water partition coefficient (Wildman–Crippen LogP) is 3.24. The number of hydrogen-bond donors (Lipinski definition) is 1. The summed E-state index contributed by atoms with van der Waals surface area (Å²) in [5.74, 6) is 0. The van der Waals surface area contributed by atoms with Crippen molar-refractivity contribution in [2.24, 2.45) is 0 Å². The molecule has 0 aliphatic heterocycles. The monoisotopic (exact) mass is 290 g/mol. The minimum absolute atomic E-state index is 0.317. The van der Waals surface area contributed by atoms with E-state index >= 15 is 0 Å². The fourth-order valence-electron chi connectivity index (χ4n) is 2.04. The summed E-state index contributed by atoms with van der Waals surface area (Å²) in [5, 5.41) is 4.64. The smallest absolute Gasteiger partial charge is 0.185 e. The summed E-state index contributed by atoms with van der Waals surface area (Å²) in [6.07, 6.45) is 5.64. The van der Waals surface area contributed by atoms with E-state index in [-0.39, 0.29) is 0 Å². The summed E-state index contributed by atoms with van der Waals surface area (Å²) in [6, 6.07) is 4.41. The van der Waals surface area contributed by atoms with Crippen molar-refractivity contribution in [2.75, 3.05) is 18.0 Å². The van der Waals surface area contributed by atoms with Crippen LogP contribution in [0.3, 0.4) is 0 Å². The van der Waals surface area contributed by atoms with Gasteiger partial charge in [-0.05, 0) is 38.5 Å². The first-order valence-corrected chi connectivity index (χ1v) is 7.89.